The van der Waals surface area contributed by atoms with Crippen LogP contribution in [0.3, 0.4) is 0 Å². The van der Waals surface area contributed by atoms with Crippen molar-refractivity contribution in [3.63, 3.8) is 0 Å². The topological polar surface area (TPSA) is 132 Å². The summed E-state index contributed by atoms with van der Waals surface area (Å²) in [6.07, 6.45) is 3.77. The van der Waals surface area contributed by atoms with Gasteiger partial charge in [0.05, 0.1) is 24.2 Å². The van der Waals surface area contributed by atoms with E-state index in [9.17, 15) is 18.0 Å². The molecular weight excluding hydrogens is 534 g/mol. The van der Waals surface area contributed by atoms with Crippen LogP contribution in [0.15, 0.2) is 71.6 Å². The van der Waals surface area contributed by atoms with Crippen molar-refractivity contribution in [2.45, 2.75) is 49.2 Å². The van der Waals surface area contributed by atoms with Crippen molar-refractivity contribution >= 4 is 33.4 Å². The summed E-state index contributed by atoms with van der Waals surface area (Å²) in [6.45, 7) is 0.504. The second-order valence-corrected chi connectivity index (χ2v) is 11.4. The first-order chi connectivity index (χ1) is 19.3. The van der Waals surface area contributed by atoms with Gasteiger partial charge in [-0.25, -0.2) is 17.9 Å². The Balaban J connectivity index is 1.20. The van der Waals surface area contributed by atoms with E-state index in [-0.39, 0.29) is 22.7 Å². The molecule has 0 spiro atoms. The molecule has 0 saturated heterocycles. The molecule has 3 aromatic rings. The number of fused-ring (bicyclic) bond motifs is 1. The zero-order valence-corrected chi connectivity index (χ0v) is 22.8. The van der Waals surface area contributed by atoms with Gasteiger partial charge in [-0.1, -0.05) is 24.3 Å². The number of rotatable bonds is 8. The van der Waals surface area contributed by atoms with Crippen molar-refractivity contribution in [2.75, 3.05) is 24.3 Å². The van der Waals surface area contributed by atoms with Crippen LogP contribution in [0.5, 0.6) is 11.5 Å². The predicted molar refractivity (Wildman–Crippen MR) is 149 cm³/mol. The lowest BCUT2D eigenvalue weighted by Crippen LogP contribution is -2.33. The van der Waals surface area contributed by atoms with Crippen LogP contribution in [0, 0.1) is 0 Å². The lowest BCUT2D eigenvalue weighted by Gasteiger charge is -2.28. The maximum atomic E-state index is 12.7. The summed E-state index contributed by atoms with van der Waals surface area (Å²) in [6, 6.07) is 17.8. The van der Waals surface area contributed by atoms with Gasteiger partial charge in [0.2, 0.25) is 0 Å². The zero-order valence-electron chi connectivity index (χ0n) is 22.0. The summed E-state index contributed by atoms with van der Waals surface area (Å²) in [5, 5.41) is 6.12. The first kappa shape index (κ1) is 27.3. The molecule has 1 heterocycles. The third-order valence-electron chi connectivity index (χ3n) is 6.89. The maximum absolute atomic E-state index is 12.7. The normalized spacial score (nSPS) is 16.7. The Hall–Kier alpha value is -4.25. The molecule has 40 heavy (non-hydrogen) atoms. The fraction of sp³-hybridized carbons (Fsp3) is 0.310. The Morgan fingerprint density at radius 3 is 2.55 bits per heavy atom. The van der Waals surface area contributed by atoms with E-state index >= 15 is 0 Å². The minimum absolute atomic E-state index is 0.000993. The maximum Gasteiger partial charge on any atom is 0.411 e. The van der Waals surface area contributed by atoms with Gasteiger partial charge in [-0.05, 0) is 73.7 Å². The van der Waals surface area contributed by atoms with Crippen LogP contribution in [-0.4, -0.2) is 46.3 Å². The fourth-order valence-electron chi connectivity index (χ4n) is 4.85. The van der Waals surface area contributed by atoms with Crippen LogP contribution < -0.4 is 24.8 Å². The molecule has 1 unspecified atom stereocenters. The van der Waals surface area contributed by atoms with E-state index < -0.39 is 22.0 Å². The van der Waals surface area contributed by atoms with Crippen LogP contribution in [0.4, 0.5) is 16.2 Å². The summed E-state index contributed by atoms with van der Waals surface area (Å²) < 4.78 is 44.3. The van der Waals surface area contributed by atoms with Gasteiger partial charge in [0.1, 0.15) is 23.7 Å². The molecule has 2 amide bonds. The number of methoxy groups -OCH3 is 1. The van der Waals surface area contributed by atoms with E-state index in [4.69, 9.17) is 14.2 Å². The highest BCUT2D eigenvalue weighted by atomic mass is 32.2. The van der Waals surface area contributed by atoms with Crippen molar-refractivity contribution < 1.29 is 32.2 Å². The molecule has 11 heteroatoms. The minimum Gasteiger partial charge on any atom is -0.496 e. The molecule has 0 radical (unpaired) electrons. The van der Waals surface area contributed by atoms with Crippen LogP contribution in [-0.2, 0) is 21.2 Å². The Bertz CT molecular complexity index is 1490. The van der Waals surface area contributed by atoms with Gasteiger partial charge in [-0.15, -0.1) is 0 Å². The first-order valence-electron chi connectivity index (χ1n) is 13.1. The molecule has 5 rings (SSSR count). The van der Waals surface area contributed by atoms with Crippen LogP contribution in [0.1, 0.15) is 41.6 Å². The van der Waals surface area contributed by atoms with Gasteiger partial charge in [0, 0.05) is 17.7 Å². The second kappa shape index (κ2) is 11.9. The number of hydrogen-bond donors (Lipinski definition) is 3. The van der Waals surface area contributed by atoms with E-state index in [0.29, 0.717) is 30.2 Å². The van der Waals surface area contributed by atoms with Gasteiger partial charge < -0.3 is 19.5 Å². The molecule has 1 atom stereocenters. The Morgan fingerprint density at radius 2 is 1.80 bits per heavy atom. The number of anilines is 2. The molecule has 2 aliphatic rings. The molecule has 1 aliphatic heterocycles. The SMILES string of the molecule is COc1cc(C(=O)NS(=O)(=O)c2ccccc2)ccc1CC1CNc2cc(NC(=O)OC3CCCC3)ccc2O1. The number of nitrogens with one attached hydrogen (secondary N) is 3. The zero-order chi connectivity index (χ0) is 28.1. The molecule has 0 bridgehead atoms. The van der Waals surface area contributed by atoms with E-state index in [1.807, 2.05) is 0 Å². The van der Waals surface area contributed by atoms with E-state index in [0.717, 1.165) is 36.9 Å². The van der Waals surface area contributed by atoms with Crippen molar-refractivity contribution in [3.8, 4) is 11.5 Å². The second-order valence-electron chi connectivity index (χ2n) is 9.75. The highest BCUT2D eigenvalue weighted by Gasteiger charge is 2.24. The van der Waals surface area contributed by atoms with Gasteiger partial charge in [-0.2, -0.15) is 0 Å². The van der Waals surface area contributed by atoms with Gasteiger partial charge in [-0.3, -0.25) is 10.1 Å². The Morgan fingerprint density at radius 1 is 1.02 bits per heavy atom. The lowest BCUT2D eigenvalue weighted by atomic mass is 10.0. The highest BCUT2D eigenvalue weighted by Crippen LogP contribution is 2.34. The van der Waals surface area contributed by atoms with Crippen LogP contribution in [0.2, 0.25) is 0 Å². The van der Waals surface area contributed by atoms with Crippen LogP contribution >= 0.6 is 0 Å². The molecule has 0 aromatic heterocycles. The third kappa shape index (κ3) is 6.48. The van der Waals surface area contributed by atoms with Gasteiger partial charge in [0.25, 0.3) is 15.9 Å². The molecule has 3 N–H and O–H groups in total. The smallest absolute Gasteiger partial charge is 0.411 e. The van der Waals surface area contributed by atoms with Crippen molar-refractivity contribution in [3.05, 3.63) is 77.9 Å². The third-order valence-corrected chi connectivity index (χ3v) is 8.24. The Kier molecular flexibility index (Phi) is 8.11. The molecule has 1 fully saturated rings. The van der Waals surface area contributed by atoms with Crippen LogP contribution in [0.25, 0.3) is 0 Å². The number of amides is 2. The van der Waals surface area contributed by atoms with Crippen molar-refractivity contribution in [2.24, 2.45) is 0 Å². The first-order valence-corrected chi connectivity index (χ1v) is 14.6. The van der Waals surface area contributed by atoms with E-state index in [2.05, 4.69) is 15.4 Å². The minimum atomic E-state index is -4.00. The molecule has 1 saturated carbocycles. The number of benzene rings is 3. The molecule has 210 valence electrons. The lowest BCUT2D eigenvalue weighted by molar-refractivity contribution is 0.0980. The average Bonchev–Trinajstić information content (AvgIpc) is 3.46. The number of ether oxygens (including phenoxy) is 3. The summed E-state index contributed by atoms with van der Waals surface area (Å²) in [7, 11) is -2.51. The average molecular weight is 566 g/mol. The van der Waals surface area contributed by atoms with Crippen molar-refractivity contribution in [1.82, 2.24) is 4.72 Å². The summed E-state index contributed by atoms with van der Waals surface area (Å²) in [5.41, 5.74) is 2.32. The fourth-order valence-corrected chi connectivity index (χ4v) is 5.85. The number of carbonyl (C=O) groups excluding carboxylic acids is 2. The van der Waals surface area contributed by atoms with Gasteiger partial charge >= 0.3 is 6.09 Å². The molecule has 3 aromatic carbocycles. The number of sulfonamides is 1. The summed E-state index contributed by atoms with van der Waals surface area (Å²) in [4.78, 5) is 24.9. The monoisotopic (exact) mass is 565 g/mol. The van der Waals surface area contributed by atoms with Crippen molar-refractivity contribution in [1.29, 1.82) is 0 Å². The molecule has 1 aliphatic carbocycles. The predicted octanol–water partition coefficient (Wildman–Crippen LogP) is 4.72. The summed E-state index contributed by atoms with van der Waals surface area (Å²) in [5.74, 6) is 0.335. The standard InChI is InChI=1S/C29H31N3O7S/c1-37-27-16-20(28(33)32-40(35,36)24-9-3-2-4-10-24)12-11-19(27)15-23-18-30-25-17-21(13-14-26(25)38-23)31-29(34)39-22-7-5-6-8-22/h2-4,9-14,16-17,22-23,30H,5-8,15,18H2,1H3,(H,31,34)(H,32,33). The highest BCUT2D eigenvalue weighted by molar-refractivity contribution is 7.90. The van der Waals surface area contributed by atoms with E-state index in [1.165, 1.54) is 25.3 Å². The number of hydrogen-bond acceptors (Lipinski definition) is 8. The van der Waals surface area contributed by atoms with E-state index in [1.54, 1.807) is 48.5 Å². The quantitative estimate of drug-likeness (QED) is 0.358. The molecule has 10 nitrogen and oxygen atoms in total. The summed E-state index contributed by atoms with van der Waals surface area (Å²) >= 11 is 0. The Labute approximate surface area is 233 Å². The van der Waals surface area contributed by atoms with Gasteiger partial charge in [0.15, 0.2) is 0 Å². The number of carbonyl (C=O) groups is 2. The largest absolute Gasteiger partial charge is 0.496 e. The molecular formula is C29H31N3O7S.